The Balaban J connectivity index is 0.000000191. The Bertz CT molecular complexity index is 970. The number of benzene rings is 1. The Kier molecular flexibility index (Phi) is 10.4. The largest absolute Gasteiger partial charge is 0.462 e. The zero-order valence-electron chi connectivity index (χ0n) is 18.4. The van der Waals surface area contributed by atoms with Gasteiger partial charge in [0, 0.05) is 24.6 Å². The molecule has 0 unspecified atom stereocenters. The number of nitrogens with two attached hydrogens (primary N) is 1. The summed E-state index contributed by atoms with van der Waals surface area (Å²) in [5.74, 6) is 3.57. The zero-order valence-corrected chi connectivity index (χ0v) is 18.4. The quantitative estimate of drug-likeness (QED) is 0.323. The Morgan fingerprint density at radius 2 is 1.91 bits per heavy atom. The minimum absolute atomic E-state index is 0.249. The van der Waals surface area contributed by atoms with E-state index in [2.05, 4.69) is 43.2 Å². The Labute approximate surface area is 188 Å². The number of rotatable bonds is 4. The van der Waals surface area contributed by atoms with Crippen LogP contribution in [0.2, 0.25) is 12.6 Å². The summed E-state index contributed by atoms with van der Waals surface area (Å²) in [7, 11) is 3.87. The van der Waals surface area contributed by atoms with Gasteiger partial charge in [0.05, 0.1) is 12.0 Å². The number of hydrogen-bond donors (Lipinski definition) is 3. The molecule has 32 heavy (non-hydrogen) atoms. The average molecular weight is 433 g/mol. The summed E-state index contributed by atoms with van der Waals surface area (Å²) in [6.45, 7) is 2.53. The molecular formula is C22H28BN7O2. The monoisotopic (exact) mass is 433 g/mol. The van der Waals surface area contributed by atoms with Crippen LogP contribution in [0.3, 0.4) is 0 Å². The van der Waals surface area contributed by atoms with Gasteiger partial charge in [0.25, 0.3) is 6.71 Å². The Hall–Kier alpha value is -3.68. The highest BCUT2D eigenvalue weighted by atomic mass is 16.3. The SMILES string of the molecule is CN1CCB(C#N)CC1.CNNc1cc(-c2ccccc2)nc(N)n1.O=Cc1ccco1. The van der Waals surface area contributed by atoms with Crippen LogP contribution < -0.4 is 16.6 Å². The Morgan fingerprint density at radius 1 is 1.19 bits per heavy atom. The highest BCUT2D eigenvalue weighted by Gasteiger charge is 2.19. The van der Waals surface area contributed by atoms with E-state index in [4.69, 9.17) is 11.0 Å². The minimum atomic E-state index is 0.249. The number of aromatic nitrogens is 2. The van der Waals surface area contributed by atoms with Gasteiger partial charge in [-0.2, -0.15) is 4.98 Å². The molecule has 9 nitrogen and oxygen atoms in total. The smallest absolute Gasteiger partial charge is 0.270 e. The Morgan fingerprint density at radius 3 is 2.44 bits per heavy atom. The van der Waals surface area contributed by atoms with Crippen LogP contribution >= 0.6 is 0 Å². The molecule has 1 aliphatic rings. The molecule has 3 aromatic rings. The van der Waals surface area contributed by atoms with Crippen LogP contribution in [0.1, 0.15) is 10.6 Å². The number of carbonyl (C=O) groups is 1. The number of furan rings is 1. The molecule has 4 N–H and O–H groups in total. The fraction of sp³-hybridized carbons (Fsp3) is 0.273. The standard InChI is InChI=1S/C11H13N5.C6H11BN2.C5H4O2/c1-13-16-10-7-9(14-11(12)15-10)8-5-3-2-4-6-8;1-9-4-2-7(6-8)3-5-9;6-4-5-2-1-3-7-5/h2-7,13H,1H3,(H3,12,14,15,16);2-5H2,1H3;1-4H. The number of anilines is 2. The van der Waals surface area contributed by atoms with Crippen molar-refractivity contribution in [3.05, 3.63) is 60.6 Å². The predicted molar refractivity (Wildman–Crippen MR) is 127 cm³/mol. The summed E-state index contributed by atoms with van der Waals surface area (Å²) in [5, 5.41) is 8.51. The first-order valence-electron chi connectivity index (χ1n) is 10.2. The highest BCUT2D eigenvalue weighted by molar-refractivity contribution is 6.67. The van der Waals surface area contributed by atoms with Crippen LogP contribution in [-0.4, -0.2) is 55.1 Å². The second-order valence-electron chi connectivity index (χ2n) is 7.08. The molecule has 1 aromatic carbocycles. The van der Waals surface area contributed by atoms with Gasteiger partial charge in [-0.05, 0) is 44.9 Å². The second-order valence-corrected chi connectivity index (χ2v) is 7.08. The summed E-state index contributed by atoms with van der Waals surface area (Å²) in [4.78, 5) is 20.3. The number of nitrogen functional groups attached to an aromatic ring is 1. The number of aldehydes is 1. The molecule has 0 spiro atoms. The normalized spacial score (nSPS) is 13.0. The van der Waals surface area contributed by atoms with Gasteiger partial charge in [-0.3, -0.25) is 4.79 Å². The minimum Gasteiger partial charge on any atom is -0.462 e. The molecule has 0 amide bonds. The lowest BCUT2D eigenvalue weighted by Crippen LogP contribution is -2.33. The molecule has 4 rings (SSSR count). The first-order chi connectivity index (χ1) is 15.5. The van der Waals surface area contributed by atoms with Crippen molar-refractivity contribution in [2.45, 2.75) is 12.6 Å². The number of hydrogen-bond acceptors (Lipinski definition) is 9. The molecule has 0 bridgehead atoms. The summed E-state index contributed by atoms with van der Waals surface area (Å²) in [6.07, 6.45) is 4.25. The molecule has 2 aromatic heterocycles. The number of carbonyl (C=O) groups excluding carboxylic acids is 1. The molecule has 166 valence electrons. The van der Waals surface area contributed by atoms with E-state index in [0.717, 1.165) is 37.0 Å². The van der Waals surface area contributed by atoms with Crippen molar-refractivity contribution in [3.8, 4) is 17.2 Å². The fourth-order valence-electron chi connectivity index (χ4n) is 2.91. The topological polar surface area (TPSA) is 133 Å². The van der Waals surface area contributed by atoms with Crippen molar-refractivity contribution in [2.75, 3.05) is 38.3 Å². The van der Waals surface area contributed by atoms with E-state index in [1.54, 1.807) is 19.2 Å². The molecule has 10 heteroatoms. The first kappa shape index (κ1) is 24.6. The van der Waals surface area contributed by atoms with Crippen molar-refractivity contribution in [2.24, 2.45) is 0 Å². The van der Waals surface area contributed by atoms with Crippen molar-refractivity contribution in [1.82, 2.24) is 20.3 Å². The van der Waals surface area contributed by atoms with E-state index in [1.807, 2.05) is 36.4 Å². The maximum absolute atomic E-state index is 9.77. The highest BCUT2D eigenvalue weighted by Crippen LogP contribution is 2.19. The van der Waals surface area contributed by atoms with Crippen LogP contribution in [-0.2, 0) is 0 Å². The lowest BCUT2D eigenvalue weighted by molar-refractivity contribution is 0.110. The van der Waals surface area contributed by atoms with Crippen LogP contribution in [0.25, 0.3) is 11.3 Å². The molecule has 1 aliphatic heterocycles. The maximum Gasteiger partial charge on any atom is 0.270 e. The third-order valence-corrected chi connectivity index (χ3v) is 4.63. The van der Waals surface area contributed by atoms with Crippen LogP contribution in [0.15, 0.2) is 59.2 Å². The molecule has 0 atom stereocenters. The van der Waals surface area contributed by atoms with E-state index in [9.17, 15) is 4.79 Å². The van der Waals surface area contributed by atoms with Crippen molar-refractivity contribution < 1.29 is 9.21 Å². The van der Waals surface area contributed by atoms with Gasteiger partial charge in [-0.25, -0.2) is 15.7 Å². The molecule has 0 radical (unpaired) electrons. The van der Waals surface area contributed by atoms with E-state index in [1.165, 1.54) is 6.26 Å². The van der Waals surface area contributed by atoms with Gasteiger partial charge in [0.2, 0.25) is 5.95 Å². The number of nitrogens with one attached hydrogen (secondary N) is 2. The van der Waals surface area contributed by atoms with Crippen LogP contribution in [0, 0.1) is 11.2 Å². The van der Waals surface area contributed by atoms with E-state index < -0.39 is 0 Å². The average Bonchev–Trinajstić information content (AvgIpc) is 3.35. The number of nitriles is 1. The predicted octanol–water partition coefficient (Wildman–Crippen LogP) is 2.85. The zero-order chi connectivity index (χ0) is 23.2. The molecule has 0 aliphatic carbocycles. The van der Waals surface area contributed by atoms with E-state index >= 15 is 0 Å². The van der Waals surface area contributed by atoms with E-state index in [-0.39, 0.29) is 5.95 Å². The van der Waals surface area contributed by atoms with Crippen LogP contribution in [0.4, 0.5) is 11.8 Å². The van der Waals surface area contributed by atoms with Crippen molar-refractivity contribution >= 4 is 24.8 Å². The second kappa shape index (κ2) is 13.6. The fourth-order valence-corrected chi connectivity index (χ4v) is 2.91. The number of nitrogens with zero attached hydrogens (tertiary/aromatic N) is 4. The van der Waals surface area contributed by atoms with Gasteiger partial charge in [-0.1, -0.05) is 30.3 Å². The van der Waals surface area contributed by atoms with Gasteiger partial charge >= 0.3 is 0 Å². The maximum atomic E-state index is 9.77. The van der Waals surface area contributed by atoms with Crippen molar-refractivity contribution in [1.29, 1.82) is 5.26 Å². The third-order valence-electron chi connectivity index (χ3n) is 4.63. The summed E-state index contributed by atoms with van der Waals surface area (Å²) in [5.41, 5.74) is 13.1. The van der Waals surface area contributed by atoms with E-state index in [0.29, 0.717) is 24.6 Å². The first-order valence-corrected chi connectivity index (χ1v) is 10.2. The molecule has 1 saturated heterocycles. The lowest BCUT2D eigenvalue weighted by atomic mass is 9.45. The molecular weight excluding hydrogens is 405 g/mol. The van der Waals surface area contributed by atoms with Crippen molar-refractivity contribution in [3.63, 3.8) is 0 Å². The van der Waals surface area contributed by atoms with Gasteiger partial charge in [0.15, 0.2) is 12.0 Å². The van der Waals surface area contributed by atoms with Gasteiger partial charge in [0.1, 0.15) is 5.82 Å². The van der Waals surface area contributed by atoms with Gasteiger partial charge in [-0.15, -0.1) is 0 Å². The summed E-state index contributed by atoms with van der Waals surface area (Å²) >= 11 is 0. The van der Waals surface area contributed by atoms with Crippen LogP contribution in [0.5, 0.6) is 0 Å². The molecule has 3 heterocycles. The summed E-state index contributed by atoms with van der Waals surface area (Å²) < 4.78 is 4.61. The lowest BCUT2D eigenvalue weighted by Gasteiger charge is -2.22. The molecule has 1 fully saturated rings. The summed E-state index contributed by atoms with van der Waals surface area (Å²) in [6, 6.07) is 14.9. The number of hydrazine groups is 1. The van der Waals surface area contributed by atoms with Gasteiger partial charge < -0.3 is 20.5 Å². The third kappa shape index (κ3) is 8.59. The molecule has 0 saturated carbocycles.